The van der Waals surface area contributed by atoms with Crippen LogP contribution in [-0.2, 0) is 9.47 Å². The first-order valence-corrected chi connectivity index (χ1v) is 10.9. The summed E-state index contributed by atoms with van der Waals surface area (Å²) in [5, 5.41) is 10.9. The quantitative estimate of drug-likeness (QED) is 0.740. The molecule has 26 heavy (non-hydrogen) atoms. The summed E-state index contributed by atoms with van der Waals surface area (Å²) in [6.07, 6.45) is 12.6. The molecule has 1 heterocycles. The molecule has 1 saturated heterocycles. The van der Waals surface area contributed by atoms with Gasteiger partial charge in [0.05, 0.1) is 18.8 Å². The Labute approximate surface area is 157 Å². The summed E-state index contributed by atoms with van der Waals surface area (Å²) in [7, 11) is 0. The first kappa shape index (κ1) is 17.7. The second-order valence-corrected chi connectivity index (χ2v) is 9.96. The Kier molecular flexibility index (Phi) is 4.10. The van der Waals surface area contributed by atoms with Gasteiger partial charge in [0.2, 0.25) is 0 Å². The fraction of sp³-hybridized carbons (Fsp3) is 0.909. The van der Waals surface area contributed by atoms with Crippen LogP contribution in [0.25, 0.3) is 0 Å². The molecule has 0 aromatic heterocycles. The van der Waals surface area contributed by atoms with Gasteiger partial charge in [0, 0.05) is 12.8 Å². The van der Waals surface area contributed by atoms with E-state index in [0.29, 0.717) is 11.8 Å². The topological polar surface area (TPSA) is 64.7 Å². The molecule has 4 heteroatoms. The van der Waals surface area contributed by atoms with Crippen molar-refractivity contribution in [3.8, 4) is 0 Å². The average molecular weight is 362 g/mol. The third-order valence-electron chi connectivity index (χ3n) is 8.96. The van der Waals surface area contributed by atoms with Gasteiger partial charge in [0.15, 0.2) is 5.79 Å². The molecule has 5 unspecified atom stereocenters. The summed E-state index contributed by atoms with van der Waals surface area (Å²) in [5.41, 5.74) is 7.55. The maximum absolute atomic E-state index is 10.9. The maximum atomic E-state index is 10.9. The molecule has 4 aliphatic carbocycles. The molecular formula is C22H35NO3. The van der Waals surface area contributed by atoms with Crippen molar-refractivity contribution in [2.24, 2.45) is 34.8 Å². The lowest BCUT2D eigenvalue weighted by atomic mass is 9.48. The first-order valence-electron chi connectivity index (χ1n) is 10.9. The largest absolute Gasteiger partial charge is 0.390 e. The van der Waals surface area contributed by atoms with Crippen molar-refractivity contribution in [1.29, 1.82) is 0 Å². The number of aliphatic hydroxyl groups is 1. The zero-order chi connectivity index (χ0) is 18.0. The van der Waals surface area contributed by atoms with E-state index in [1.807, 2.05) is 0 Å². The molecule has 1 aliphatic heterocycles. The highest BCUT2D eigenvalue weighted by molar-refractivity contribution is 5.27. The second-order valence-electron chi connectivity index (χ2n) is 9.96. The van der Waals surface area contributed by atoms with Crippen molar-refractivity contribution in [2.45, 2.75) is 76.1 Å². The van der Waals surface area contributed by atoms with Crippen LogP contribution < -0.4 is 5.73 Å². The van der Waals surface area contributed by atoms with Crippen molar-refractivity contribution in [2.75, 3.05) is 19.8 Å². The molecule has 1 spiro atoms. The van der Waals surface area contributed by atoms with E-state index >= 15 is 0 Å². The molecule has 0 bridgehead atoms. The lowest BCUT2D eigenvalue weighted by molar-refractivity contribution is -0.186. The van der Waals surface area contributed by atoms with Gasteiger partial charge < -0.3 is 20.3 Å². The minimum absolute atomic E-state index is 0.262. The fourth-order valence-corrected chi connectivity index (χ4v) is 7.82. The normalized spacial score (nSPS) is 49.4. The van der Waals surface area contributed by atoms with Gasteiger partial charge in [-0.25, -0.2) is 0 Å². The zero-order valence-corrected chi connectivity index (χ0v) is 16.2. The minimum atomic E-state index is -0.442. The number of fused-ring (bicyclic) bond motifs is 5. The maximum Gasteiger partial charge on any atom is 0.172 e. The monoisotopic (exact) mass is 361 g/mol. The number of allylic oxidation sites excluding steroid dienone is 1. The number of hydrogen-bond acceptors (Lipinski definition) is 4. The molecule has 5 aliphatic rings. The number of rotatable bonds is 2. The summed E-state index contributed by atoms with van der Waals surface area (Å²) in [5.74, 6) is 2.33. The van der Waals surface area contributed by atoms with Crippen LogP contribution in [-0.4, -0.2) is 36.3 Å². The van der Waals surface area contributed by atoms with Crippen LogP contribution in [0, 0.1) is 29.1 Å². The standard InChI is InChI=1S/C22H35NO3/c1-20(24)7-6-17-16-3-2-15-14-22(25-12-13-26-22)9-8-21(15,10-11-23)19(16)5-4-18(17)20/h2,16-19,24H,3-14,23H2,1H3/t16?,17?,18?,19?,20-,21?/m0/s1. The number of hydrogen-bond donors (Lipinski definition) is 2. The lowest BCUT2D eigenvalue weighted by Gasteiger charge is -2.58. The van der Waals surface area contributed by atoms with Crippen molar-refractivity contribution in [1.82, 2.24) is 0 Å². The molecule has 4 nitrogen and oxygen atoms in total. The van der Waals surface area contributed by atoms with Crippen LogP contribution in [0.2, 0.25) is 0 Å². The lowest BCUT2D eigenvalue weighted by Crippen LogP contribution is -2.53. The zero-order valence-electron chi connectivity index (χ0n) is 16.2. The molecule has 0 radical (unpaired) electrons. The molecule has 5 rings (SSSR count). The highest BCUT2D eigenvalue weighted by Crippen LogP contribution is 2.65. The Morgan fingerprint density at radius 3 is 2.62 bits per heavy atom. The van der Waals surface area contributed by atoms with Crippen molar-refractivity contribution in [3.05, 3.63) is 11.6 Å². The van der Waals surface area contributed by atoms with Crippen LogP contribution in [0.1, 0.15) is 64.7 Å². The van der Waals surface area contributed by atoms with Gasteiger partial charge in [-0.3, -0.25) is 0 Å². The number of nitrogens with two attached hydrogens (primary N) is 1. The third-order valence-corrected chi connectivity index (χ3v) is 8.96. The summed E-state index contributed by atoms with van der Waals surface area (Å²) in [6.45, 7) is 4.32. The molecule has 6 atom stereocenters. The fourth-order valence-electron chi connectivity index (χ4n) is 7.82. The van der Waals surface area contributed by atoms with Crippen molar-refractivity contribution >= 4 is 0 Å². The van der Waals surface area contributed by atoms with Crippen LogP contribution in [0.4, 0.5) is 0 Å². The Morgan fingerprint density at radius 2 is 1.85 bits per heavy atom. The highest BCUT2D eigenvalue weighted by Gasteiger charge is 2.59. The Morgan fingerprint density at radius 1 is 1.08 bits per heavy atom. The van der Waals surface area contributed by atoms with Crippen LogP contribution >= 0.6 is 0 Å². The van der Waals surface area contributed by atoms with E-state index in [4.69, 9.17) is 15.2 Å². The molecular weight excluding hydrogens is 326 g/mol. The van der Waals surface area contributed by atoms with Gasteiger partial charge in [-0.05, 0) is 87.5 Å². The van der Waals surface area contributed by atoms with Crippen LogP contribution in [0.15, 0.2) is 11.6 Å². The second kappa shape index (κ2) is 6.04. The summed E-state index contributed by atoms with van der Waals surface area (Å²) in [6, 6.07) is 0. The van der Waals surface area contributed by atoms with Gasteiger partial charge >= 0.3 is 0 Å². The van der Waals surface area contributed by atoms with Crippen LogP contribution in [0.5, 0.6) is 0 Å². The van der Waals surface area contributed by atoms with E-state index in [1.165, 1.54) is 25.7 Å². The smallest absolute Gasteiger partial charge is 0.172 e. The molecule has 146 valence electrons. The van der Waals surface area contributed by atoms with Gasteiger partial charge in [-0.2, -0.15) is 0 Å². The summed E-state index contributed by atoms with van der Waals surface area (Å²) >= 11 is 0. The number of ether oxygens (including phenoxy) is 2. The Hall–Kier alpha value is -0.420. The van der Waals surface area contributed by atoms with E-state index in [0.717, 1.165) is 63.7 Å². The van der Waals surface area contributed by atoms with E-state index in [2.05, 4.69) is 13.0 Å². The first-order chi connectivity index (χ1) is 12.5. The van der Waals surface area contributed by atoms with Gasteiger partial charge in [-0.1, -0.05) is 11.6 Å². The Bertz CT molecular complexity index is 594. The molecule has 0 aromatic carbocycles. The predicted molar refractivity (Wildman–Crippen MR) is 100 cm³/mol. The van der Waals surface area contributed by atoms with Crippen molar-refractivity contribution < 1.29 is 14.6 Å². The van der Waals surface area contributed by atoms with Crippen LogP contribution in [0.3, 0.4) is 0 Å². The molecule has 3 N–H and O–H groups in total. The summed E-state index contributed by atoms with van der Waals surface area (Å²) < 4.78 is 12.1. The van der Waals surface area contributed by atoms with Gasteiger partial charge in [-0.15, -0.1) is 0 Å². The van der Waals surface area contributed by atoms with E-state index < -0.39 is 5.60 Å². The summed E-state index contributed by atoms with van der Waals surface area (Å²) in [4.78, 5) is 0. The molecule has 4 fully saturated rings. The molecule has 0 amide bonds. The third kappa shape index (κ3) is 2.41. The van der Waals surface area contributed by atoms with Crippen molar-refractivity contribution in [3.63, 3.8) is 0 Å². The van der Waals surface area contributed by atoms with E-state index in [9.17, 15) is 5.11 Å². The van der Waals surface area contributed by atoms with E-state index in [1.54, 1.807) is 5.57 Å². The van der Waals surface area contributed by atoms with Gasteiger partial charge in [0.1, 0.15) is 0 Å². The van der Waals surface area contributed by atoms with Gasteiger partial charge in [0.25, 0.3) is 0 Å². The SMILES string of the molecule is C[C@]1(O)CCC2C3CC=C4CC5(CCC4(CCN)C3CCC21)OCCO5. The predicted octanol–water partition coefficient (Wildman–Crippen LogP) is 3.38. The molecule has 0 aromatic rings. The Balaban J connectivity index is 1.47. The molecule has 3 saturated carbocycles. The average Bonchev–Trinajstić information content (AvgIpc) is 3.20. The van der Waals surface area contributed by atoms with E-state index in [-0.39, 0.29) is 11.2 Å². The highest BCUT2D eigenvalue weighted by atomic mass is 16.7. The minimum Gasteiger partial charge on any atom is -0.390 e.